The van der Waals surface area contributed by atoms with E-state index < -0.39 is 0 Å². The number of hydrogen-bond acceptors (Lipinski definition) is 4. The predicted molar refractivity (Wildman–Crippen MR) is 108 cm³/mol. The standard InChI is InChI=1S/C20H23N7O/c1-12(2)14-15(21-6)18(24-22-14)25-23-16-17(20(3,4)5)26-27(19(16)28)13-10-8-7-9-11-13/h7-12,26H,1-5H3,(H,22,24). The third-order valence-corrected chi connectivity index (χ3v) is 4.31. The van der Waals surface area contributed by atoms with Gasteiger partial charge in [-0.25, -0.2) is 9.53 Å². The summed E-state index contributed by atoms with van der Waals surface area (Å²) in [6, 6.07) is 9.29. The highest BCUT2D eigenvalue weighted by Gasteiger charge is 2.26. The molecular formula is C20H23N7O. The molecule has 0 amide bonds. The number of azo groups is 1. The molecule has 0 saturated carbocycles. The first-order chi connectivity index (χ1) is 13.2. The van der Waals surface area contributed by atoms with Crippen molar-refractivity contribution in [2.75, 3.05) is 0 Å². The molecule has 0 aliphatic heterocycles. The van der Waals surface area contributed by atoms with Crippen LogP contribution in [0.1, 0.15) is 51.9 Å². The molecule has 8 nitrogen and oxygen atoms in total. The molecule has 0 fully saturated rings. The van der Waals surface area contributed by atoms with Crippen LogP contribution in [-0.4, -0.2) is 20.0 Å². The van der Waals surface area contributed by atoms with E-state index in [0.717, 1.165) is 0 Å². The minimum Gasteiger partial charge on any atom is -0.292 e. The first kappa shape index (κ1) is 19.3. The van der Waals surface area contributed by atoms with Gasteiger partial charge in [0.25, 0.3) is 11.2 Å². The van der Waals surface area contributed by atoms with E-state index in [4.69, 9.17) is 6.57 Å². The van der Waals surface area contributed by atoms with E-state index in [9.17, 15) is 4.79 Å². The zero-order valence-electron chi connectivity index (χ0n) is 16.6. The van der Waals surface area contributed by atoms with Crippen molar-refractivity contribution in [2.45, 2.75) is 46.0 Å². The number of para-hydroxylation sites is 1. The molecule has 8 heteroatoms. The van der Waals surface area contributed by atoms with Crippen molar-refractivity contribution >= 4 is 17.2 Å². The molecule has 2 N–H and O–H groups in total. The Kier molecular flexibility index (Phi) is 5.01. The highest BCUT2D eigenvalue weighted by atomic mass is 16.1. The summed E-state index contributed by atoms with van der Waals surface area (Å²) in [4.78, 5) is 16.5. The molecule has 0 aliphatic rings. The van der Waals surface area contributed by atoms with Gasteiger partial charge in [-0.2, -0.15) is 5.10 Å². The third kappa shape index (κ3) is 3.51. The van der Waals surface area contributed by atoms with Gasteiger partial charge in [0.05, 0.1) is 18.0 Å². The number of H-pyrrole nitrogens is 2. The molecular weight excluding hydrogens is 354 g/mol. The van der Waals surface area contributed by atoms with Crippen LogP contribution in [0, 0.1) is 6.57 Å². The zero-order chi connectivity index (χ0) is 20.5. The molecule has 28 heavy (non-hydrogen) atoms. The van der Waals surface area contributed by atoms with Crippen LogP contribution >= 0.6 is 0 Å². The van der Waals surface area contributed by atoms with Crippen molar-refractivity contribution in [3.05, 3.63) is 63.5 Å². The molecule has 0 saturated heterocycles. The van der Waals surface area contributed by atoms with E-state index in [2.05, 4.69) is 30.4 Å². The van der Waals surface area contributed by atoms with Crippen molar-refractivity contribution in [3.8, 4) is 5.69 Å². The first-order valence-corrected chi connectivity index (χ1v) is 9.02. The number of rotatable bonds is 4. The summed E-state index contributed by atoms with van der Waals surface area (Å²) in [5.74, 6) is 0.290. The fraction of sp³-hybridized carbons (Fsp3) is 0.350. The van der Waals surface area contributed by atoms with Crippen LogP contribution in [0.2, 0.25) is 0 Å². The SMILES string of the molecule is [C-]#[N+]c1c(N=Nc2c(C(C)(C)C)[nH]n(-c3ccccc3)c2=O)n[nH]c1C(C)C. The van der Waals surface area contributed by atoms with Crippen LogP contribution in [0.15, 0.2) is 45.4 Å². The lowest BCUT2D eigenvalue weighted by molar-refractivity contribution is 0.560. The van der Waals surface area contributed by atoms with E-state index in [0.29, 0.717) is 22.8 Å². The second kappa shape index (κ2) is 7.27. The third-order valence-electron chi connectivity index (χ3n) is 4.31. The van der Waals surface area contributed by atoms with Gasteiger partial charge < -0.3 is 0 Å². The predicted octanol–water partition coefficient (Wildman–Crippen LogP) is 5.28. The Labute approximate surface area is 163 Å². The monoisotopic (exact) mass is 377 g/mol. The van der Waals surface area contributed by atoms with Crippen molar-refractivity contribution in [2.24, 2.45) is 10.2 Å². The summed E-state index contributed by atoms with van der Waals surface area (Å²) in [7, 11) is 0. The molecule has 3 aromatic rings. The van der Waals surface area contributed by atoms with Crippen molar-refractivity contribution in [1.82, 2.24) is 20.0 Å². The Bertz CT molecular complexity index is 1100. The Morgan fingerprint density at radius 1 is 1.18 bits per heavy atom. The molecule has 0 bridgehead atoms. The molecule has 2 aromatic heterocycles. The minimum absolute atomic E-state index is 0.105. The molecule has 0 radical (unpaired) electrons. The summed E-state index contributed by atoms with van der Waals surface area (Å²) in [5, 5.41) is 18.4. The Hall–Kier alpha value is -3.47. The average molecular weight is 377 g/mol. The number of benzene rings is 1. The molecule has 0 atom stereocenters. The van der Waals surface area contributed by atoms with E-state index in [1.807, 2.05) is 65.0 Å². The second-order valence-corrected chi connectivity index (χ2v) is 7.84. The number of aromatic amines is 2. The molecule has 0 aliphatic carbocycles. The van der Waals surface area contributed by atoms with Gasteiger partial charge in [-0.3, -0.25) is 15.0 Å². The lowest BCUT2D eigenvalue weighted by Crippen LogP contribution is -2.14. The topological polar surface area (TPSA) is 95.6 Å². The van der Waals surface area contributed by atoms with Crippen LogP contribution in [0.25, 0.3) is 10.5 Å². The van der Waals surface area contributed by atoms with E-state index in [-0.39, 0.29) is 28.4 Å². The van der Waals surface area contributed by atoms with Gasteiger partial charge in [-0.05, 0) is 18.1 Å². The van der Waals surface area contributed by atoms with Crippen LogP contribution in [0.4, 0.5) is 17.2 Å². The Morgan fingerprint density at radius 3 is 2.43 bits per heavy atom. The van der Waals surface area contributed by atoms with Crippen LogP contribution < -0.4 is 5.56 Å². The summed E-state index contributed by atoms with van der Waals surface area (Å²) in [5.41, 5.74) is 1.96. The van der Waals surface area contributed by atoms with Gasteiger partial charge in [0, 0.05) is 11.1 Å². The molecule has 1 aromatic carbocycles. The van der Waals surface area contributed by atoms with Gasteiger partial charge in [0.2, 0.25) is 5.82 Å². The van der Waals surface area contributed by atoms with Crippen molar-refractivity contribution < 1.29 is 0 Å². The normalized spacial score (nSPS) is 12.0. The first-order valence-electron chi connectivity index (χ1n) is 9.02. The maximum atomic E-state index is 13.0. The molecule has 0 spiro atoms. The van der Waals surface area contributed by atoms with Gasteiger partial charge in [-0.15, -0.1) is 10.2 Å². The van der Waals surface area contributed by atoms with E-state index in [1.54, 1.807) is 0 Å². The Morgan fingerprint density at radius 2 is 1.86 bits per heavy atom. The van der Waals surface area contributed by atoms with Crippen LogP contribution in [0.5, 0.6) is 0 Å². The van der Waals surface area contributed by atoms with Crippen molar-refractivity contribution in [1.29, 1.82) is 0 Å². The molecule has 3 rings (SSSR count). The van der Waals surface area contributed by atoms with Crippen LogP contribution in [0.3, 0.4) is 0 Å². The number of nitrogens with one attached hydrogen (secondary N) is 2. The lowest BCUT2D eigenvalue weighted by atomic mass is 9.91. The lowest BCUT2D eigenvalue weighted by Gasteiger charge is -2.16. The van der Waals surface area contributed by atoms with E-state index in [1.165, 1.54) is 4.68 Å². The maximum absolute atomic E-state index is 13.0. The minimum atomic E-state index is -0.356. The number of nitrogens with zero attached hydrogens (tertiary/aromatic N) is 5. The van der Waals surface area contributed by atoms with Crippen LogP contribution in [-0.2, 0) is 5.41 Å². The largest absolute Gasteiger partial charge is 0.299 e. The summed E-state index contributed by atoms with van der Waals surface area (Å²) < 4.78 is 1.45. The fourth-order valence-electron chi connectivity index (χ4n) is 2.82. The average Bonchev–Trinajstić information content (AvgIpc) is 3.21. The summed E-state index contributed by atoms with van der Waals surface area (Å²) in [6.07, 6.45) is 0. The molecule has 0 unspecified atom stereocenters. The van der Waals surface area contributed by atoms with Gasteiger partial charge in [-0.1, -0.05) is 52.8 Å². The van der Waals surface area contributed by atoms with Gasteiger partial charge in [0.1, 0.15) is 0 Å². The number of hydrogen-bond donors (Lipinski definition) is 2. The summed E-state index contributed by atoms with van der Waals surface area (Å²) in [6.45, 7) is 17.3. The van der Waals surface area contributed by atoms with E-state index >= 15 is 0 Å². The zero-order valence-corrected chi connectivity index (χ0v) is 16.6. The Balaban J connectivity index is 2.12. The molecule has 144 valence electrons. The van der Waals surface area contributed by atoms with Gasteiger partial charge in [0.15, 0.2) is 5.69 Å². The highest BCUT2D eigenvalue weighted by Crippen LogP contribution is 2.35. The quantitative estimate of drug-likeness (QED) is 0.478. The smallest absolute Gasteiger partial charge is 0.292 e. The number of aromatic nitrogens is 4. The summed E-state index contributed by atoms with van der Waals surface area (Å²) >= 11 is 0. The highest BCUT2D eigenvalue weighted by molar-refractivity contribution is 5.66. The maximum Gasteiger partial charge on any atom is 0.299 e. The van der Waals surface area contributed by atoms with Crippen molar-refractivity contribution in [3.63, 3.8) is 0 Å². The second-order valence-electron chi connectivity index (χ2n) is 7.84. The van der Waals surface area contributed by atoms with Gasteiger partial charge >= 0.3 is 0 Å². The fourth-order valence-corrected chi connectivity index (χ4v) is 2.82. The molecule has 2 heterocycles.